The van der Waals surface area contributed by atoms with Gasteiger partial charge in [0.25, 0.3) is 0 Å². The number of benzene rings is 1. The van der Waals surface area contributed by atoms with Gasteiger partial charge in [-0.3, -0.25) is 14.4 Å². The molecule has 2 bridgehead atoms. The molecular weight excluding hydrogens is 574 g/mol. The number of carbonyl (C=O) groups excluding carboxylic acids is 3. The van der Waals surface area contributed by atoms with Crippen molar-refractivity contribution in [2.24, 2.45) is 11.8 Å². The van der Waals surface area contributed by atoms with Crippen molar-refractivity contribution in [3.63, 3.8) is 0 Å². The third-order valence-corrected chi connectivity index (χ3v) is 10.1. The monoisotopic (exact) mass is 613 g/mol. The lowest BCUT2D eigenvalue weighted by Crippen LogP contribution is -2.60. The van der Waals surface area contributed by atoms with E-state index in [0.29, 0.717) is 18.7 Å². The molecule has 3 aliphatic heterocycles. The van der Waals surface area contributed by atoms with Crippen LogP contribution in [0.25, 0.3) is 0 Å². The molecule has 7 atom stereocenters. The Kier molecular flexibility index (Phi) is 8.55. The minimum absolute atomic E-state index is 0.0630. The largest absolute Gasteiger partial charge is 0.394 e. The highest BCUT2D eigenvalue weighted by Gasteiger charge is 2.77. The van der Waals surface area contributed by atoms with Crippen molar-refractivity contribution in [3.05, 3.63) is 55.6 Å². The fourth-order valence-electron chi connectivity index (χ4n) is 7.54. The van der Waals surface area contributed by atoms with Gasteiger partial charge in [0.05, 0.1) is 30.6 Å². The quantitative estimate of drug-likeness (QED) is 0.321. The molecule has 3 amide bonds. The fourth-order valence-corrected chi connectivity index (χ4v) is 8.48. The van der Waals surface area contributed by atoms with Crippen LogP contribution in [-0.4, -0.2) is 87.0 Å². The molecule has 1 N–H and O–H groups in total. The summed E-state index contributed by atoms with van der Waals surface area (Å²) in [4.78, 5) is 48.0. The van der Waals surface area contributed by atoms with E-state index in [4.69, 9.17) is 4.74 Å². The highest BCUT2D eigenvalue weighted by atomic mass is 79.9. The smallest absolute Gasteiger partial charge is 0.248 e. The van der Waals surface area contributed by atoms with Gasteiger partial charge in [0.15, 0.2) is 0 Å². The maximum Gasteiger partial charge on any atom is 0.248 e. The topological polar surface area (TPSA) is 90.4 Å². The van der Waals surface area contributed by atoms with Crippen LogP contribution >= 0.6 is 15.9 Å². The van der Waals surface area contributed by atoms with Gasteiger partial charge in [-0.1, -0.05) is 65.5 Å². The van der Waals surface area contributed by atoms with Crippen LogP contribution in [-0.2, 0) is 19.1 Å². The first kappa shape index (κ1) is 29.0. The van der Waals surface area contributed by atoms with Crippen LogP contribution in [0, 0.1) is 11.8 Å². The number of alkyl halides is 1. The van der Waals surface area contributed by atoms with Crippen molar-refractivity contribution in [2.45, 2.75) is 80.1 Å². The van der Waals surface area contributed by atoms with Gasteiger partial charge in [0, 0.05) is 29.6 Å². The molecular formula is C31H40BrN3O5. The van der Waals surface area contributed by atoms with Crippen LogP contribution in [0.4, 0.5) is 5.69 Å². The van der Waals surface area contributed by atoms with E-state index in [2.05, 4.69) is 29.1 Å². The average molecular weight is 615 g/mol. The van der Waals surface area contributed by atoms with E-state index in [1.807, 2.05) is 35.2 Å². The number of anilines is 1. The van der Waals surface area contributed by atoms with Crippen molar-refractivity contribution >= 4 is 39.3 Å². The Balaban J connectivity index is 1.57. The Morgan fingerprint density at radius 3 is 2.45 bits per heavy atom. The van der Waals surface area contributed by atoms with Gasteiger partial charge in [-0.25, -0.2) is 0 Å². The lowest BCUT2D eigenvalue weighted by Gasteiger charge is -2.42. The standard InChI is InChI=1S/C31H40BrN3O5/c1-4-16-33(21-12-8-6-9-13-21)28(37)24-25-29(38)35(20(3)19-36)27(31(25)18-23(32)26(24)40-31)30(39)34(17-5-2)22-14-10-7-11-15-22/h4-6,8-9,12-13,20,22-27,36H,1-2,7,10-11,14-19H2,3H3/t20-,23?,24+,25+,26+,27?,31?/m1/s1. The number of likely N-dealkylation sites (tertiary alicyclic amines) is 1. The molecule has 3 saturated heterocycles. The summed E-state index contributed by atoms with van der Waals surface area (Å²) in [6, 6.07) is 7.86. The van der Waals surface area contributed by atoms with E-state index < -0.39 is 35.6 Å². The maximum absolute atomic E-state index is 14.6. The van der Waals surface area contributed by atoms with Crippen molar-refractivity contribution in [1.29, 1.82) is 0 Å². The lowest BCUT2D eigenvalue weighted by atomic mass is 9.70. The van der Waals surface area contributed by atoms with E-state index in [1.165, 1.54) is 4.90 Å². The molecule has 3 unspecified atom stereocenters. The number of hydrogen-bond acceptors (Lipinski definition) is 5. The minimum Gasteiger partial charge on any atom is -0.394 e. The highest BCUT2D eigenvalue weighted by molar-refractivity contribution is 9.09. The molecule has 0 aromatic heterocycles. The first-order chi connectivity index (χ1) is 19.3. The number of aliphatic hydroxyl groups excluding tert-OH is 1. The first-order valence-corrected chi connectivity index (χ1v) is 15.4. The van der Waals surface area contributed by atoms with Crippen LogP contribution in [0.15, 0.2) is 55.6 Å². The molecule has 5 rings (SSSR count). The van der Waals surface area contributed by atoms with Gasteiger partial charge < -0.3 is 24.5 Å². The van der Waals surface area contributed by atoms with Gasteiger partial charge >= 0.3 is 0 Å². The molecule has 4 fully saturated rings. The molecule has 1 aliphatic carbocycles. The van der Waals surface area contributed by atoms with Gasteiger partial charge in [0.2, 0.25) is 17.7 Å². The van der Waals surface area contributed by atoms with Gasteiger partial charge in [-0.2, -0.15) is 0 Å². The summed E-state index contributed by atoms with van der Waals surface area (Å²) in [5.41, 5.74) is -0.454. The zero-order valence-electron chi connectivity index (χ0n) is 23.2. The van der Waals surface area contributed by atoms with Gasteiger partial charge in [-0.05, 0) is 38.3 Å². The zero-order chi connectivity index (χ0) is 28.6. The molecule has 0 radical (unpaired) electrons. The SMILES string of the molecule is C=CCN(C(=O)[C@H]1[C@H]2C(=O)N([C@H](C)CO)C(C(=O)N(CC=C)C3CCCCC3)C23CC(Br)[C@@H]1O3)c1ccccc1. The Morgan fingerprint density at radius 2 is 1.82 bits per heavy atom. The minimum atomic E-state index is -1.17. The fraction of sp³-hybridized carbons (Fsp3) is 0.581. The number of carbonyl (C=O) groups is 3. The Bertz CT molecular complexity index is 1140. The molecule has 8 nitrogen and oxygen atoms in total. The number of nitrogens with zero attached hydrogens (tertiary/aromatic N) is 3. The third kappa shape index (κ3) is 4.64. The summed E-state index contributed by atoms with van der Waals surface area (Å²) in [7, 11) is 0. The molecule has 40 heavy (non-hydrogen) atoms. The number of hydrogen-bond donors (Lipinski definition) is 1. The predicted molar refractivity (Wildman–Crippen MR) is 157 cm³/mol. The summed E-state index contributed by atoms with van der Waals surface area (Å²) >= 11 is 3.76. The van der Waals surface area contributed by atoms with Crippen LogP contribution in [0.5, 0.6) is 0 Å². The maximum atomic E-state index is 14.6. The molecule has 4 aliphatic rings. The number of fused-ring (bicyclic) bond motifs is 1. The molecule has 216 valence electrons. The first-order valence-electron chi connectivity index (χ1n) is 14.4. The number of amides is 3. The summed E-state index contributed by atoms with van der Waals surface area (Å²) in [6.45, 7) is 9.85. The van der Waals surface area contributed by atoms with E-state index in [-0.39, 0.29) is 41.7 Å². The van der Waals surface area contributed by atoms with E-state index in [9.17, 15) is 19.5 Å². The Morgan fingerprint density at radius 1 is 1.15 bits per heavy atom. The van der Waals surface area contributed by atoms with E-state index >= 15 is 0 Å². The van der Waals surface area contributed by atoms with Gasteiger partial charge in [0.1, 0.15) is 11.6 Å². The van der Waals surface area contributed by atoms with Crippen molar-refractivity contribution < 1.29 is 24.2 Å². The Labute approximate surface area is 245 Å². The number of ether oxygens (including phenoxy) is 1. The van der Waals surface area contributed by atoms with Crippen LogP contribution in [0.1, 0.15) is 45.4 Å². The number of aliphatic hydroxyl groups is 1. The predicted octanol–water partition coefficient (Wildman–Crippen LogP) is 3.68. The summed E-state index contributed by atoms with van der Waals surface area (Å²) in [5, 5.41) is 10.2. The average Bonchev–Trinajstić information content (AvgIpc) is 3.57. The van der Waals surface area contributed by atoms with Crippen LogP contribution < -0.4 is 4.90 Å². The zero-order valence-corrected chi connectivity index (χ0v) is 24.7. The summed E-state index contributed by atoms with van der Waals surface area (Å²) in [5.74, 6) is -2.30. The molecule has 1 saturated carbocycles. The van der Waals surface area contributed by atoms with E-state index in [0.717, 1.165) is 32.1 Å². The number of halogens is 1. The molecule has 3 heterocycles. The lowest BCUT2D eigenvalue weighted by molar-refractivity contribution is -0.152. The molecule has 9 heteroatoms. The number of para-hydroxylation sites is 1. The third-order valence-electron chi connectivity index (χ3n) is 9.26. The second-order valence-corrected chi connectivity index (χ2v) is 12.8. The second-order valence-electron chi connectivity index (χ2n) is 11.6. The van der Waals surface area contributed by atoms with E-state index in [1.54, 1.807) is 24.0 Å². The Hall–Kier alpha value is -2.49. The highest BCUT2D eigenvalue weighted by Crippen LogP contribution is 2.61. The van der Waals surface area contributed by atoms with Gasteiger partial charge in [-0.15, -0.1) is 13.2 Å². The second kappa shape index (κ2) is 11.8. The molecule has 1 spiro atoms. The summed E-state index contributed by atoms with van der Waals surface area (Å²) in [6.07, 6.45) is 8.35. The number of rotatable bonds is 10. The van der Waals surface area contributed by atoms with Crippen LogP contribution in [0.2, 0.25) is 0 Å². The van der Waals surface area contributed by atoms with Crippen LogP contribution in [0.3, 0.4) is 0 Å². The molecule has 1 aromatic carbocycles. The van der Waals surface area contributed by atoms with Crippen molar-refractivity contribution in [3.8, 4) is 0 Å². The normalized spacial score (nSPS) is 32.0. The summed E-state index contributed by atoms with van der Waals surface area (Å²) < 4.78 is 6.70. The van der Waals surface area contributed by atoms with Crippen molar-refractivity contribution in [1.82, 2.24) is 9.80 Å². The molecule has 1 aromatic rings. The van der Waals surface area contributed by atoms with Crippen molar-refractivity contribution in [2.75, 3.05) is 24.6 Å².